The van der Waals surface area contributed by atoms with Gasteiger partial charge in [0.25, 0.3) is 0 Å². The number of guanidine groups is 1. The summed E-state index contributed by atoms with van der Waals surface area (Å²) in [5.41, 5.74) is 3.04. The first-order chi connectivity index (χ1) is 12.4. The number of sulfonamides is 1. The predicted molar refractivity (Wildman–Crippen MR) is 124 cm³/mol. The molecule has 27 heavy (non-hydrogen) atoms. The fraction of sp³-hybridized carbons (Fsp3) is 0.389. The zero-order valence-corrected chi connectivity index (χ0v) is 19.7. The van der Waals surface area contributed by atoms with Crippen LogP contribution in [0.3, 0.4) is 0 Å². The van der Waals surface area contributed by atoms with E-state index in [9.17, 15) is 8.42 Å². The Morgan fingerprint density at radius 1 is 1.04 bits per heavy atom. The monoisotopic (exact) mass is 522 g/mol. The van der Waals surface area contributed by atoms with Gasteiger partial charge in [-0.15, -0.1) is 24.0 Å². The van der Waals surface area contributed by atoms with Crippen LogP contribution in [0.2, 0.25) is 0 Å². The lowest BCUT2D eigenvalue weighted by Gasteiger charge is -2.12. The standard InChI is InChI=1S/C18H26N4O2S2.HI/c1-14(2)22-26(23,24)13-16-6-4-15(5-7-16)10-20-18(19-3)21-11-17-8-9-25-12-17;/h4-9,12,14,22H,10-11,13H2,1-3H3,(H2,19,20,21);1H. The van der Waals surface area contributed by atoms with Crippen LogP contribution in [0.25, 0.3) is 0 Å². The van der Waals surface area contributed by atoms with Gasteiger partial charge >= 0.3 is 0 Å². The number of hydrogen-bond donors (Lipinski definition) is 3. The van der Waals surface area contributed by atoms with Gasteiger partial charge in [0.1, 0.15) is 0 Å². The molecule has 0 atom stereocenters. The number of nitrogens with zero attached hydrogens (tertiary/aromatic N) is 1. The van der Waals surface area contributed by atoms with Gasteiger partial charge in [0.2, 0.25) is 10.0 Å². The third-order valence-electron chi connectivity index (χ3n) is 3.52. The summed E-state index contributed by atoms with van der Waals surface area (Å²) in [5.74, 6) is 0.715. The van der Waals surface area contributed by atoms with Crippen LogP contribution < -0.4 is 15.4 Å². The van der Waals surface area contributed by atoms with Crippen molar-refractivity contribution in [2.75, 3.05) is 7.05 Å². The number of aliphatic imine (C=N–C) groups is 1. The summed E-state index contributed by atoms with van der Waals surface area (Å²) < 4.78 is 26.5. The minimum absolute atomic E-state index is 0. The van der Waals surface area contributed by atoms with E-state index in [-0.39, 0.29) is 35.8 Å². The van der Waals surface area contributed by atoms with Crippen LogP contribution in [0.1, 0.15) is 30.5 Å². The molecule has 1 aromatic heterocycles. The van der Waals surface area contributed by atoms with E-state index in [0.717, 1.165) is 23.6 Å². The summed E-state index contributed by atoms with van der Waals surface area (Å²) in [6.07, 6.45) is 0. The first kappa shape index (κ1) is 23.9. The van der Waals surface area contributed by atoms with E-state index >= 15 is 0 Å². The second-order valence-electron chi connectivity index (χ2n) is 6.26. The van der Waals surface area contributed by atoms with E-state index in [1.165, 1.54) is 5.56 Å². The fourth-order valence-corrected chi connectivity index (χ4v) is 4.46. The molecule has 0 unspecified atom stereocenters. The van der Waals surface area contributed by atoms with Gasteiger partial charge in [-0.25, -0.2) is 13.1 Å². The van der Waals surface area contributed by atoms with Crippen molar-refractivity contribution in [3.63, 3.8) is 0 Å². The first-order valence-electron chi connectivity index (χ1n) is 8.41. The molecule has 0 bridgehead atoms. The molecular formula is C18H27IN4O2S2. The molecule has 2 aromatic rings. The molecule has 1 heterocycles. The van der Waals surface area contributed by atoms with Crippen LogP contribution in [-0.2, 0) is 28.9 Å². The Morgan fingerprint density at radius 3 is 2.15 bits per heavy atom. The van der Waals surface area contributed by atoms with Crippen molar-refractivity contribution in [3.8, 4) is 0 Å². The Kier molecular flexibility index (Phi) is 10.3. The molecular weight excluding hydrogens is 495 g/mol. The number of benzene rings is 1. The van der Waals surface area contributed by atoms with Gasteiger partial charge in [-0.2, -0.15) is 11.3 Å². The maximum atomic E-state index is 12.0. The van der Waals surface area contributed by atoms with Gasteiger partial charge in [-0.1, -0.05) is 24.3 Å². The normalized spacial score (nSPS) is 11.9. The van der Waals surface area contributed by atoms with E-state index in [1.807, 2.05) is 43.5 Å². The second-order valence-corrected chi connectivity index (χ2v) is 8.79. The minimum Gasteiger partial charge on any atom is -0.352 e. The van der Waals surface area contributed by atoms with Crippen LogP contribution in [0.5, 0.6) is 0 Å². The fourth-order valence-electron chi connectivity index (χ4n) is 2.36. The highest BCUT2D eigenvalue weighted by Crippen LogP contribution is 2.09. The molecule has 2 rings (SSSR count). The molecule has 0 aliphatic heterocycles. The Labute approximate surface area is 182 Å². The van der Waals surface area contributed by atoms with Crippen molar-refractivity contribution in [3.05, 3.63) is 57.8 Å². The molecule has 0 radical (unpaired) electrons. The predicted octanol–water partition coefficient (Wildman–Crippen LogP) is 3.06. The molecule has 150 valence electrons. The number of rotatable bonds is 8. The zero-order valence-electron chi connectivity index (χ0n) is 15.7. The van der Waals surface area contributed by atoms with Gasteiger partial charge in [0.05, 0.1) is 5.75 Å². The Morgan fingerprint density at radius 2 is 1.63 bits per heavy atom. The summed E-state index contributed by atoms with van der Waals surface area (Å²) in [4.78, 5) is 4.21. The summed E-state index contributed by atoms with van der Waals surface area (Å²) in [7, 11) is -1.56. The highest BCUT2D eigenvalue weighted by atomic mass is 127. The Hall–Kier alpha value is -1.17. The molecule has 0 spiro atoms. The molecule has 0 amide bonds. The lowest BCUT2D eigenvalue weighted by molar-refractivity contribution is 0.569. The quantitative estimate of drug-likeness (QED) is 0.283. The van der Waals surface area contributed by atoms with Crippen molar-refractivity contribution >= 4 is 51.3 Å². The molecule has 3 N–H and O–H groups in total. The van der Waals surface area contributed by atoms with Crippen molar-refractivity contribution < 1.29 is 8.42 Å². The average molecular weight is 522 g/mol. The second kappa shape index (κ2) is 11.6. The van der Waals surface area contributed by atoms with Crippen molar-refractivity contribution in [1.29, 1.82) is 0 Å². The van der Waals surface area contributed by atoms with Gasteiger partial charge in [-0.3, -0.25) is 4.99 Å². The number of hydrogen-bond acceptors (Lipinski definition) is 4. The molecule has 0 aliphatic rings. The molecule has 6 nitrogen and oxygen atoms in total. The number of nitrogens with one attached hydrogen (secondary N) is 3. The smallest absolute Gasteiger partial charge is 0.216 e. The minimum atomic E-state index is -3.30. The molecule has 9 heteroatoms. The first-order valence-corrected chi connectivity index (χ1v) is 11.0. The molecule has 0 aliphatic carbocycles. The zero-order chi connectivity index (χ0) is 19.0. The van der Waals surface area contributed by atoms with Gasteiger partial charge in [0, 0.05) is 26.2 Å². The topological polar surface area (TPSA) is 82.6 Å². The van der Waals surface area contributed by atoms with Crippen LogP contribution >= 0.6 is 35.3 Å². The van der Waals surface area contributed by atoms with Crippen LogP contribution in [-0.4, -0.2) is 27.5 Å². The maximum Gasteiger partial charge on any atom is 0.216 e. The Balaban J connectivity index is 0.00000364. The Bertz CT molecular complexity index is 804. The summed E-state index contributed by atoms with van der Waals surface area (Å²) in [6.45, 7) is 4.96. The van der Waals surface area contributed by atoms with E-state index in [4.69, 9.17) is 0 Å². The summed E-state index contributed by atoms with van der Waals surface area (Å²) in [5, 5.41) is 10.7. The lowest BCUT2D eigenvalue weighted by atomic mass is 10.1. The van der Waals surface area contributed by atoms with Gasteiger partial charge in [-0.05, 0) is 47.4 Å². The van der Waals surface area contributed by atoms with Gasteiger partial charge < -0.3 is 10.6 Å². The van der Waals surface area contributed by atoms with Crippen molar-refractivity contribution in [2.24, 2.45) is 4.99 Å². The summed E-state index contributed by atoms with van der Waals surface area (Å²) >= 11 is 1.67. The van der Waals surface area contributed by atoms with Crippen molar-refractivity contribution in [2.45, 2.75) is 38.7 Å². The SMILES string of the molecule is CN=C(NCc1ccc(CS(=O)(=O)NC(C)C)cc1)NCc1ccsc1.I. The molecule has 0 saturated carbocycles. The molecule has 0 saturated heterocycles. The molecule has 1 aromatic carbocycles. The van der Waals surface area contributed by atoms with E-state index in [0.29, 0.717) is 6.54 Å². The van der Waals surface area contributed by atoms with Crippen LogP contribution in [0, 0.1) is 0 Å². The molecule has 0 fully saturated rings. The lowest BCUT2D eigenvalue weighted by Crippen LogP contribution is -2.36. The average Bonchev–Trinajstić information content (AvgIpc) is 3.08. The maximum absolute atomic E-state index is 12.0. The highest BCUT2D eigenvalue weighted by Gasteiger charge is 2.12. The van der Waals surface area contributed by atoms with Crippen LogP contribution in [0.15, 0.2) is 46.1 Å². The third kappa shape index (κ3) is 9.04. The van der Waals surface area contributed by atoms with Gasteiger partial charge in [0.15, 0.2) is 5.96 Å². The summed E-state index contributed by atoms with van der Waals surface area (Å²) in [6, 6.07) is 9.53. The highest BCUT2D eigenvalue weighted by molar-refractivity contribution is 14.0. The van der Waals surface area contributed by atoms with Crippen molar-refractivity contribution in [1.82, 2.24) is 15.4 Å². The van der Waals surface area contributed by atoms with E-state index in [1.54, 1.807) is 18.4 Å². The number of thiophene rings is 1. The third-order valence-corrected chi connectivity index (χ3v) is 5.79. The largest absolute Gasteiger partial charge is 0.352 e. The van der Waals surface area contributed by atoms with E-state index < -0.39 is 10.0 Å². The number of halogens is 1. The van der Waals surface area contributed by atoms with Crippen LogP contribution in [0.4, 0.5) is 0 Å². The van der Waals surface area contributed by atoms with E-state index in [2.05, 4.69) is 31.8 Å².